The minimum absolute atomic E-state index is 0.232. The van der Waals surface area contributed by atoms with Crippen molar-refractivity contribution in [2.24, 2.45) is 5.92 Å². The number of nitrogens with two attached hydrogens (primary N) is 1. The third-order valence-corrected chi connectivity index (χ3v) is 5.50. The van der Waals surface area contributed by atoms with Crippen LogP contribution in [0.15, 0.2) is 12.4 Å². The number of carboxylic acid groups (broad SMARTS) is 1. The molecule has 0 atom stereocenters. The maximum atomic E-state index is 11.0. The van der Waals surface area contributed by atoms with E-state index in [1.54, 1.807) is 4.52 Å². The third-order valence-electron chi connectivity index (χ3n) is 5.50. The van der Waals surface area contributed by atoms with Gasteiger partial charge in [-0.2, -0.15) is 9.61 Å². The van der Waals surface area contributed by atoms with Crippen molar-refractivity contribution in [3.05, 3.63) is 23.5 Å². The summed E-state index contributed by atoms with van der Waals surface area (Å²) in [6.07, 6.45) is 5.79. The van der Waals surface area contributed by atoms with Gasteiger partial charge in [0.1, 0.15) is 11.6 Å². The lowest BCUT2D eigenvalue weighted by atomic mass is 9.93. The van der Waals surface area contributed by atoms with Crippen molar-refractivity contribution >= 4 is 28.8 Å². The van der Waals surface area contributed by atoms with Crippen molar-refractivity contribution < 1.29 is 9.90 Å². The van der Waals surface area contributed by atoms with Crippen molar-refractivity contribution in [2.75, 3.05) is 37.3 Å². The van der Waals surface area contributed by atoms with Crippen molar-refractivity contribution in [3.63, 3.8) is 0 Å². The lowest BCUT2D eigenvalue weighted by Crippen LogP contribution is -2.35. The quantitative estimate of drug-likeness (QED) is 0.733. The van der Waals surface area contributed by atoms with Gasteiger partial charge < -0.3 is 20.7 Å². The first kappa shape index (κ1) is 17.6. The molecule has 2 aromatic rings. The topological polar surface area (TPSA) is 112 Å². The average Bonchev–Trinajstić information content (AvgIpc) is 3.24. The normalized spacial score (nSPS) is 18.4. The highest BCUT2D eigenvalue weighted by atomic mass is 16.4. The number of hydrogen-bond donors (Lipinski definition) is 3. The number of carbonyl (C=O) groups is 1. The Hall–Kier alpha value is -2.81. The number of anilines is 2. The Morgan fingerprint density at radius 1 is 1.41 bits per heavy atom. The van der Waals surface area contributed by atoms with Gasteiger partial charge in [0.15, 0.2) is 5.65 Å². The molecule has 0 bridgehead atoms. The van der Waals surface area contributed by atoms with Crippen LogP contribution in [-0.2, 0) is 4.79 Å². The monoisotopic (exact) mass is 371 g/mol. The van der Waals surface area contributed by atoms with Gasteiger partial charge in [-0.25, -0.2) is 10.4 Å². The fraction of sp³-hybridized carbons (Fsp3) is 0.500. The maximum Gasteiger partial charge on any atom is 0.303 e. The summed E-state index contributed by atoms with van der Waals surface area (Å²) in [4.78, 5) is 18.1. The summed E-state index contributed by atoms with van der Waals surface area (Å²) in [5.41, 5.74) is 13.4. The zero-order chi connectivity index (χ0) is 19.1. The maximum absolute atomic E-state index is 11.0. The van der Waals surface area contributed by atoms with E-state index in [1.165, 1.54) is 0 Å². The number of nitrogen functional groups attached to an aromatic ring is 1. The number of nitrogens with zero attached hydrogens (tertiary/aromatic N) is 5. The average molecular weight is 371 g/mol. The zero-order valence-electron chi connectivity index (χ0n) is 15.6. The highest BCUT2D eigenvalue weighted by molar-refractivity contribution is 5.80. The molecule has 27 heavy (non-hydrogen) atoms. The van der Waals surface area contributed by atoms with Crippen LogP contribution in [0.5, 0.6) is 0 Å². The third kappa shape index (κ3) is 3.18. The molecule has 0 aromatic carbocycles. The number of aromatic nitrogens is 3. The lowest BCUT2D eigenvalue weighted by Gasteiger charge is -2.33. The van der Waals surface area contributed by atoms with E-state index >= 15 is 0 Å². The van der Waals surface area contributed by atoms with Crippen LogP contribution in [0, 0.1) is 12.8 Å². The number of rotatable bonds is 4. The van der Waals surface area contributed by atoms with Gasteiger partial charge >= 0.3 is 5.97 Å². The van der Waals surface area contributed by atoms with Gasteiger partial charge in [-0.15, -0.1) is 0 Å². The smallest absolute Gasteiger partial charge is 0.303 e. The molecule has 4 rings (SSSR count). The largest absolute Gasteiger partial charge is 0.481 e. The Morgan fingerprint density at radius 2 is 2.15 bits per heavy atom. The van der Waals surface area contributed by atoms with Crippen LogP contribution in [0.25, 0.3) is 11.2 Å². The van der Waals surface area contributed by atoms with E-state index in [0.29, 0.717) is 5.82 Å². The molecule has 1 saturated heterocycles. The first-order valence-electron chi connectivity index (χ1n) is 9.22. The Balaban J connectivity index is 1.66. The van der Waals surface area contributed by atoms with Crippen LogP contribution in [0.2, 0.25) is 0 Å². The molecule has 144 valence electrons. The van der Waals surface area contributed by atoms with E-state index in [-0.39, 0.29) is 12.3 Å². The Bertz CT molecular complexity index is 912. The molecule has 1 fully saturated rings. The SMILES string of the molecule is Cc1c(N2CCC(CC(=O)O)CC2)nc2c(C3=CN(C)NC3)cnn2c1N. The molecule has 2 aliphatic rings. The molecule has 0 spiro atoms. The van der Waals surface area contributed by atoms with Crippen LogP contribution in [0.3, 0.4) is 0 Å². The summed E-state index contributed by atoms with van der Waals surface area (Å²) in [6, 6.07) is 0. The number of hydrogen-bond acceptors (Lipinski definition) is 7. The second-order valence-corrected chi connectivity index (χ2v) is 7.37. The number of hydrazine groups is 1. The summed E-state index contributed by atoms with van der Waals surface area (Å²) >= 11 is 0. The first-order valence-corrected chi connectivity index (χ1v) is 9.22. The highest BCUT2D eigenvalue weighted by Gasteiger charge is 2.26. The molecule has 0 aliphatic carbocycles. The summed E-state index contributed by atoms with van der Waals surface area (Å²) in [5.74, 6) is 0.973. The molecule has 4 heterocycles. The van der Waals surface area contributed by atoms with Gasteiger partial charge in [0.2, 0.25) is 0 Å². The fourth-order valence-corrected chi connectivity index (χ4v) is 3.91. The van der Waals surface area contributed by atoms with Gasteiger partial charge in [-0.05, 0) is 31.3 Å². The number of fused-ring (bicyclic) bond motifs is 1. The molecule has 2 aromatic heterocycles. The highest BCUT2D eigenvalue weighted by Crippen LogP contribution is 2.31. The van der Waals surface area contributed by atoms with Gasteiger partial charge in [-0.3, -0.25) is 4.79 Å². The van der Waals surface area contributed by atoms with E-state index in [2.05, 4.69) is 15.4 Å². The molecule has 0 amide bonds. The zero-order valence-corrected chi connectivity index (χ0v) is 15.6. The van der Waals surface area contributed by atoms with E-state index < -0.39 is 5.97 Å². The molecule has 9 heteroatoms. The standard InChI is InChI=1S/C18H25N7O2/c1-11-16(19)25-18(14(9-21-25)13-8-20-23(2)10-13)22-17(11)24-5-3-12(4-6-24)7-15(26)27/h9-10,12,20H,3-8,19H2,1-2H3,(H,26,27). The van der Waals surface area contributed by atoms with Crippen LogP contribution >= 0.6 is 0 Å². The number of carboxylic acids is 1. The molecule has 4 N–H and O–H groups in total. The summed E-state index contributed by atoms with van der Waals surface area (Å²) in [6.45, 7) is 4.27. The summed E-state index contributed by atoms with van der Waals surface area (Å²) in [7, 11) is 1.96. The van der Waals surface area contributed by atoms with E-state index in [1.807, 2.05) is 31.4 Å². The van der Waals surface area contributed by atoms with Gasteiger partial charge in [-0.1, -0.05) is 0 Å². The van der Waals surface area contributed by atoms with Crippen molar-refractivity contribution in [3.8, 4) is 0 Å². The Morgan fingerprint density at radius 3 is 2.78 bits per heavy atom. The lowest BCUT2D eigenvalue weighted by molar-refractivity contribution is -0.138. The molecule has 0 radical (unpaired) electrons. The molecule has 0 saturated carbocycles. The Labute approximate surface area is 157 Å². The molecule has 2 aliphatic heterocycles. The van der Waals surface area contributed by atoms with E-state index in [4.69, 9.17) is 15.8 Å². The second kappa shape index (κ2) is 6.73. The minimum atomic E-state index is -0.722. The van der Waals surface area contributed by atoms with Gasteiger partial charge in [0.05, 0.1) is 6.20 Å². The number of piperidine rings is 1. The second-order valence-electron chi connectivity index (χ2n) is 7.37. The molecule has 0 unspecified atom stereocenters. The van der Waals surface area contributed by atoms with Crippen LogP contribution in [-0.4, -0.2) is 57.4 Å². The molecule has 9 nitrogen and oxygen atoms in total. The van der Waals surface area contributed by atoms with E-state index in [9.17, 15) is 4.79 Å². The predicted molar refractivity (Wildman–Crippen MR) is 103 cm³/mol. The van der Waals surface area contributed by atoms with Crippen molar-refractivity contribution in [1.82, 2.24) is 25.0 Å². The predicted octanol–water partition coefficient (Wildman–Crippen LogP) is 1.10. The van der Waals surface area contributed by atoms with Gasteiger partial charge in [0, 0.05) is 50.4 Å². The Kier molecular flexibility index (Phi) is 4.39. The fourth-order valence-electron chi connectivity index (χ4n) is 3.91. The van der Waals surface area contributed by atoms with Gasteiger partial charge in [0.25, 0.3) is 0 Å². The van der Waals surface area contributed by atoms with Crippen molar-refractivity contribution in [1.29, 1.82) is 0 Å². The van der Waals surface area contributed by atoms with E-state index in [0.717, 1.165) is 60.6 Å². The van der Waals surface area contributed by atoms with Crippen LogP contribution in [0.1, 0.15) is 30.4 Å². The number of aliphatic carboxylic acids is 1. The summed E-state index contributed by atoms with van der Waals surface area (Å²) < 4.78 is 1.70. The minimum Gasteiger partial charge on any atom is -0.481 e. The van der Waals surface area contributed by atoms with Crippen molar-refractivity contribution in [2.45, 2.75) is 26.2 Å². The molecular weight excluding hydrogens is 346 g/mol. The number of nitrogens with one attached hydrogen (secondary N) is 1. The summed E-state index contributed by atoms with van der Waals surface area (Å²) in [5, 5.41) is 15.4. The van der Waals surface area contributed by atoms with Crippen LogP contribution in [0.4, 0.5) is 11.6 Å². The first-order chi connectivity index (χ1) is 12.9. The van der Waals surface area contributed by atoms with Crippen LogP contribution < -0.4 is 16.1 Å². The molecular formula is C18H25N7O2.